The van der Waals surface area contributed by atoms with Gasteiger partial charge in [0.2, 0.25) is 0 Å². The second-order valence-corrected chi connectivity index (χ2v) is 6.62. The fourth-order valence-corrected chi connectivity index (χ4v) is 3.61. The molecule has 2 rings (SSSR count). The van der Waals surface area contributed by atoms with Crippen molar-refractivity contribution in [2.45, 2.75) is 45.7 Å². The summed E-state index contributed by atoms with van der Waals surface area (Å²) in [6.45, 7) is 8.08. The number of rotatable bonds is 3. The monoisotopic (exact) mass is 324 g/mol. The predicted molar refractivity (Wildman–Crippen MR) is 86.8 cm³/mol. The minimum Gasteiger partial charge on any atom is -0.369 e. The topological polar surface area (TPSA) is 15.3 Å². The summed E-state index contributed by atoms with van der Waals surface area (Å²) in [5.41, 5.74) is 2.67. The van der Waals surface area contributed by atoms with E-state index < -0.39 is 0 Å². The van der Waals surface area contributed by atoms with Gasteiger partial charge in [0, 0.05) is 28.8 Å². The maximum Gasteiger partial charge on any atom is 0.0380 e. The van der Waals surface area contributed by atoms with Crippen molar-refractivity contribution in [1.29, 1.82) is 0 Å². The summed E-state index contributed by atoms with van der Waals surface area (Å²) in [6, 6.07) is 7.79. The zero-order chi connectivity index (χ0) is 14.0. The summed E-state index contributed by atoms with van der Waals surface area (Å²) in [7, 11) is 2.00. The lowest BCUT2D eigenvalue weighted by molar-refractivity contribution is 0.363. The lowest BCUT2D eigenvalue weighted by Crippen LogP contribution is -2.42. The maximum atomic E-state index is 3.72. The van der Waals surface area contributed by atoms with Crippen molar-refractivity contribution < 1.29 is 0 Å². The Morgan fingerprint density at radius 2 is 2.11 bits per heavy atom. The molecule has 1 saturated heterocycles. The molecule has 1 aromatic carbocycles. The lowest BCUT2D eigenvalue weighted by Gasteiger charge is -2.40. The van der Waals surface area contributed by atoms with Crippen LogP contribution in [0.5, 0.6) is 0 Å². The highest BCUT2D eigenvalue weighted by atomic mass is 79.9. The Morgan fingerprint density at radius 3 is 2.74 bits per heavy atom. The lowest BCUT2D eigenvalue weighted by atomic mass is 9.91. The second-order valence-electron chi connectivity index (χ2n) is 5.77. The molecule has 1 aliphatic heterocycles. The SMILES string of the molecule is CNC(C)c1ccc(N2CCCC(C)C2C)cc1Br. The molecule has 2 nitrogen and oxygen atoms in total. The van der Waals surface area contributed by atoms with Gasteiger partial charge >= 0.3 is 0 Å². The normalized spacial score (nSPS) is 25.4. The number of nitrogens with zero attached hydrogens (tertiary/aromatic N) is 1. The molecule has 19 heavy (non-hydrogen) atoms. The fourth-order valence-electron chi connectivity index (χ4n) is 2.90. The van der Waals surface area contributed by atoms with E-state index in [2.05, 4.69) is 65.1 Å². The van der Waals surface area contributed by atoms with Crippen LogP contribution < -0.4 is 10.2 Å². The number of hydrogen-bond acceptors (Lipinski definition) is 2. The molecule has 0 amide bonds. The summed E-state index contributed by atoms with van der Waals surface area (Å²) in [5, 5.41) is 3.29. The van der Waals surface area contributed by atoms with E-state index in [0.29, 0.717) is 12.1 Å². The quantitative estimate of drug-likeness (QED) is 0.888. The molecule has 1 N–H and O–H groups in total. The Balaban J connectivity index is 2.24. The molecule has 0 radical (unpaired) electrons. The van der Waals surface area contributed by atoms with Crippen LogP contribution in [0.25, 0.3) is 0 Å². The fraction of sp³-hybridized carbons (Fsp3) is 0.625. The predicted octanol–water partition coefficient (Wildman–Crippen LogP) is 4.35. The summed E-state index contributed by atoms with van der Waals surface area (Å²) in [4.78, 5) is 2.55. The Labute approximate surface area is 125 Å². The van der Waals surface area contributed by atoms with E-state index in [9.17, 15) is 0 Å². The van der Waals surface area contributed by atoms with Crippen LogP contribution >= 0.6 is 15.9 Å². The molecule has 3 heteroatoms. The molecule has 1 aromatic rings. The third-order valence-electron chi connectivity index (χ3n) is 4.59. The highest BCUT2D eigenvalue weighted by molar-refractivity contribution is 9.10. The van der Waals surface area contributed by atoms with Gasteiger partial charge in [-0.05, 0) is 57.4 Å². The molecular weight excluding hydrogens is 300 g/mol. The van der Waals surface area contributed by atoms with Gasteiger partial charge in [-0.15, -0.1) is 0 Å². The van der Waals surface area contributed by atoms with Gasteiger partial charge in [-0.1, -0.05) is 28.9 Å². The number of piperidine rings is 1. The van der Waals surface area contributed by atoms with Gasteiger partial charge in [0.05, 0.1) is 0 Å². The van der Waals surface area contributed by atoms with Gasteiger partial charge in [-0.25, -0.2) is 0 Å². The molecule has 3 unspecified atom stereocenters. The molecule has 0 spiro atoms. The van der Waals surface area contributed by atoms with Gasteiger partial charge in [0.1, 0.15) is 0 Å². The minimum absolute atomic E-state index is 0.376. The summed E-state index contributed by atoms with van der Waals surface area (Å²) < 4.78 is 1.21. The Kier molecular flexibility index (Phi) is 4.91. The second kappa shape index (κ2) is 6.27. The van der Waals surface area contributed by atoms with E-state index in [-0.39, 0.29) is 0 Å². The number of nitrogens with one attached hydrogen (secondary N) is 1. The first kappa shape index (κ1) is 14.9. The molecule has 106 valence electrons. The summed E-state index contributed by atoms with van der Waals surface area (Å²) in [6.07, 6.45) is 2.66. The molecule has 1 heterocycles. The van der Waals surface area contributed by atoms with Gasteiger partial charge in [-0.3, -0.25) is 0 Å². The first-order valence-corrected chi connectivity index (χ1v) is 8.07. The maximum absolute atomic E-state index is 3.72. The van der Waals surface area contributed by atoms with E-state index >= 15 is 0 Å². The van der Waals surface area contributed by atoms with Crippen LogP contribution in [0.2, 0.25) is 0 Å². The average molecular weight is 325 g/mol. The zero-order valence-corrected chi connectivity index (χ0v) is 14.0. The van der Waals surface area contributed by atoms with E-state index in [4.69, 9.17) is 0 Å². The average Bonchev–Trinajstić information content (AvgIpc) is 2.41. The molecular formula is C16H25BrN2. The van der Waals surface area contributed by atoms with Crippen LogP contribution in [-0.4, -0.2) is 19.6 Å². The smallest absolute Gasteiger partial charge is 0.0380 e. The van der Waals surface area contributed by atoms with Gasteiger partial charge in [0.25, 0.3) is 0 Å². The zero-order valence-electron chi connectivity index (χ0n) is 12.4. The molecule has 0 saturated carbocycles. The van der Waals surface area contributed by atoms with Crippen molar-refractivity contribution in [3.05, 3.63) is 28.2 Å². The minimum atomic E-state index is 0.376. The van der Waals surface area contributed by atoms with Crippen LogP contribution in [0.3, 0.4) is 0 Å². The molecule has 1 aliphatic rings. The van der Waals surface area contributed by atoms with Crippen molar-refractivity contribution in [1.82, 2.24) is 5.32 Å². The Morgan fingerprint density at radius 1 is 1.37 bits per heavy atom. The number of halogens is 1. The summed E-state index contributed by atoms with van der Waals surface area (Å²) in [5.74, 6) is 0.781. The standard InChI is InChI=1S/C16H25BrN2/c1-11-6-5-9-19(13(11)3)14-7-8-15(12(2)18-4)16(17)10-14/h7-8,10-13,18H,5-6,9H2,1-4H3. The van der Waals surface area contributed by atoms with Crippen molar-refractivity contribution in [2.24, 2.45) is 5.92 Å². The van der Waals surface area contributed by atoms with Crippen LogP contribution in [0.15, 0.2) is 22.7 Å². The van der Waals surface area contributed by atoms with Crippen molar-refractivity contribution in [3.63, 3.8) is 0 Å². The van der Waals surface area contributed by atoms with E-state index in [1.54, 1.807) is 0 Å². The molecule has 0 bridgehead atoms. The first-order chi connectivity index (χ1) is 9.04. The number of anilines is 1. The molecule has 3 atom stereocenters. The van der Waals surface area contributed by atoms with Crippen LogP contribution in [-0.2, 0) is 0 Å². The van der Waals surface area contributed by atoms with E-state index in [1.165, 1.54) is 35.1 Å². The highest BCUT2D eigenvalue weighted by Gasteiger charge is 2.25. The van der Waals surface area contributed by atoms with Crippen molar-refractivity contribution >= 4 is 21.6 Å². The molecule has 0 aromatic heterocycles. The van der Waals surface area contributed by atoms with Crippen molar-refractivity contribution in [2.75, 3.05) is 18.5 Å². The van der Waals surface area contributed by atoms with Gasteiger partial charge in [0.15, 0.2) is 0 Å². The van der Waals surface area contributed by atoms with Crippen molar-refractivity contribution in [3.8, 4) is 0 Å². The van der Waals surface area contributed by atoms with Crippen LogP contribution in [0, 0.1) is 5.92 Å². The highest BCUT2D eigenvalue weighted by Crippen LogP contribution is 2.32. The first-order valence-electron chi connectivity index (χ1n) is 7.28. The largest absolute Gasteiger partial charge is 0.369 e. The summed E-state index contributed by atoms with van der Waals surface area (Å²) >= 11 is 3.72. The number of hydrogen-bond donors (Lipinski definition) is 1. The third-order valence-corrected chi connectivity index (χ3v) is 5.28. The van der Waals surface area contributed by atoms with Gasteiger partial charge < -0.3 is 10.2 Å². The van der Waals surface area contributed by atoms with E-state index in [0.717, 1.165) is 5.92 Å². The Hall–Kier alpha value is -0.540. The van der Waals surface area contributed by atoms with Crippen LogP contribution in [0.4, 0.5) is 5.69 Å². The number of benzene rings is 1. The van der Waals surface area contributed by atoms with Gasteiger partial charge in [-0.2, -0.15) is 0 Å². The molecule has 0 aliphatic carbocycles. The third kappa shape index (κ3) is 3.14. The Bertz CT molecular complexity index is 433. The van der Waals surface area contributed by atoms with Crippen LogP contribution in [0.1, 0.15) is 45.2 Å². The van der Waals surface area contributed by atoms with E-state index in [1.807, 2.05) is 7.05 Å². The molecule has 1 fully saturated rings.